The molecule has 0 spiro atoms. The normalized spacial score (nSPS) is 13.2. The minimum absolute atomic E-state index is 0.0785. The summed E-state index contributed by atoms with van der Waals surface area (Å²) in [7, 11) is 0. The monoisotopic (exact) mass is 296 g/mol. The minimum Gasteiger partial charge on any atom is -0.376 e. The Bertz CT molecular complexity index is 264. The van der Waals surface area contributed by atoms with Crippen molar-refractivity contribution in [2.45, 2.75) is 31.0 Å². The van der Waals surface area contributed by atoms with E-state index in [4.69, 9.17) is 8.92 Å². The van der Waals surface area contributed by atoms with Gasteiger partial charge in [0.25, 0.3) is 0 Å². The molecule has 1 aromatic rings. The molecule has 0 bridgehead atoms. The van der Waals surface area contributed by atoms with Crippen molar-refractivity contribution in [1.82, 2.24) is 0 Å². The van der Waals surface area contributed by atoms with Gasteiger partial charge in [0.2, 0.25) is 0 Å². The lowest BCUT2D eigenvalue weighted by atomic mass is 10.4. The van der Waals surface area contributed by atoms with Crippen molar-refractivity contribution in [3.8, 4) is 0 Å². The van der Waals surface area contributed by atoms with E-state index in [1.165, 1.54) is 4.90 Å². The molecule has 0 aliphatic carbocycles. The van der Waals surface area contributed by atoms with Gasteiger partial charge < -0.3 is 4.74 Å². The first-order valence-corrected chi connectivity index (χ1v) is 8.68. The van der Waals surface area contributed by atoms with Crippen molar-refractivity contribution in [1.29, 1.82) is 0 Å². The summed E-state index contributed by atoms with van der Waals surface area (Å²) in [6, 6.07) is 2.11. The van der Waals surface area contributed by atoms with E-state index < -0.39 is 0 Å². The van der Waals surface area contributed by atoms with Crippen LogP contribution in [0, 0.1) is 0 Å². The van der Waals surface area contributed by atoms with Gasteiger partial charge in [-0.05, 0) is 25.3 Å². The first-order chi connectivity index (χ1) is 7.72. The van der Waals surface area contributed by atoms with Crippen molar-refractivity contribution in [2.75, 3.05) is 12.4 Å². The lowest BCUT2D eigenvalue weighted by Gasteiger charge is -2.16. The number of rotatable bonds is 8. The fourth-order valence-corrected chi connectivity index (χ4v) is 3.43. The van der Waals surface area contributed by atoms with Gasteiger partial charge in [-0.15, -0.1) is 11.8 Å². The minimum atomic E-state index is 0.0785. The Morgan fingerprint density at radius 2 is 2.31 bits per heavy atom. The van der Waals surface area contributed by atoms with E-state index in [0.29, 0.717) is 6.61 Å². The van der Waals surface area contributed by atoms with Crippen LogP contribution in [0.4, 0.5) is 0 Å². The maximum atomic E-state index is 5.54. The van der Waals surface area contributed by atoms with Gasteiger partial charge in [0.1, 0.15) is 6.10 Å². The summed E-state index contributed by atoms with van der Waals surface area (Å²) < 4.78 is 11.0. The quantitative estimate of drug-likeness (QED) is 0.336. The van der Waals surface area contributed by atoms with Crippen LogP contribution in [0.2, 0.25) is 0 Å². The highest BCUT2D eigenvalue weighted by Crippen LogP contribution is 2.24. The van der Waals surface area contributed by atoms with E-state index in [9.17, 15) is 0 Å². The van der Waals surface area contributed by atoms with Crippen LogP contribution < -0.4 is 0 Å². The Morgan fingerprint density at radius 1 is 1.50 bits per heavy atom. The van der Waals surface area contributed by atoms with Gasteiger partial charge in [0, 0.05) is 16.0 Å². The van der Waals surface area contributed by atoms with Crippen LogP contribution in [0.3, 0.4) is 0 Å². The van der Waals surface area contributed by atoms with Gasteiger partial charge in [-0.3, -0.25) is 4.18 Å². The summed E-state index contributed by atoms with van der Waals surface area (Å²) in [6.07, 6.45) is 0.317. The summed E-state index contributed by atoms with van der Waals surface area (Å²) in [5.74, 6) is 0.886. The summed E-state index contributed by atoms with van der Waals surface area (Å²) in [4.78, 5) is 1.28. The lowest BCUT2D eigenvalue weighted by Crippen LogP contribution is -2.22. The zero-order valence-corrected chi connectivity index (χ0v) is 12.6. The number of ether oxygens (including phenoxy) is 1. The molecule has 0 saturated heterocycles. The molecular formula is C10H16O2S4. The Hall–Kier alpha value is 0.670. The van der Waals surface area contributed by atoms with Gasteiger partial charge in [-0.25, -0.2) is 0 Å². The number of thiol groups is 1. The van der Waals surface area contributed by atoms with Gasteiger partial charge in [-0.2, -0.15) is 11.3 Å². The van der Waals surface area contributed by atoms with Crippen LogP contribution >= 0.6 is 45.8 Å². The van der Waals surface area contributed by atoms with Crippen LogP contribution in [0.15, 0.2) is 21.7 Å². The topological polar surface area (TPSA) is 18.5 Å². The zero-order chi connectivity index (χ0) is 11.8. The van der Waals surface area contributed by atoms with Crippen LogP contribution in [0.1, 0.15) is 13.8 Å². The van der Waals surface area contributed by atoms with E-state index in [0.717, 1.165) is 16.8 Å². The van der Waals surface area contributed by atoms with Gasteiger partial charge >= 0.3 is 0 Å². The number of thioether (sulfide) groups is 1. The highest BCUT2D eigenvalue weighted by Gasteiger charge is 2.11. The van der Waals surface area contributed by atoms with Crippen molar-refractivity contribution < 1.29 is 8.92 Å². The second-order valence-corrected chi connectivity index (χ2v) is 6.11. The van der Waals surface area contributed by atoms with Crippen LogP contribution in [0.5, 0.6) is 0 Å². The first-order valence-electron chi connectivity index (χ1n) is 4.96. The largest absolute Gasteiger partial charge is 0.376 e. The standard InChI is InChI=1S/C10H16O2S4/c1-8(2)11-5-9(12-16-13)6-15-10-3-4-14-7-10/h3-4,7-9,13H,5-6H2,1-2H3. The summed E-state index contributed by atoms with van der Waals surface area (Å²) in [5, 5.41) is 4.22. The highest BCUT2D eigenvalue weighted by atomic mass is 33.1. The Balaban J connectivity index is 2.27. The van der Waals surface area contributed by atoms with E-state index in [-0.39, 0.29) is 12.2 Å². The SMILES string of the molecule is CC(C)OCC(CSc1ccsc1)OSS. The molecule has 6 heteroatoms. The molecule has 1 rings (SSSR count). The summed E-state index contributed by atoms with van der Waals surface area (Å²) >= 11 is 8.60. The van der Waals surface area contributed by atoms with Gasteiger partial charge in [-0.1, -0.05) is 11.7 Å². The van der Waals surface area contributed by atoms with Crippen LogP contribution in [-0.4, -0.2) is 24.6 Å². The number of thiophene rings is 1. The second-order valence-electron chi connectivity index (χ2n) is 3.44. The molecule has 0 aromatic carbocycles. The molecule has 0 radical (unpaired) electrons. The predicted octanol–water partition coefficient (Wildman–Crippen LogP) is 4.14. The van der Waals surface area contributed by atoms with Crippen molar-refractivity contribution >= 4 is 45.8 Å². The number of hydrogen-bond acceptors (Lipinski definition) is 6. The smallest absolute Gasteiger partial charge is 0.106 e. The molecule has 0 saturated carbocycles. The molecule has 16 heavy (non-hydrogen) atoms. The van der Waals surface area contributed by atoms with E-state index in [2.05, 4.69) is 28.5 Å². The van der Waals surface area contributed by atoms with Crippen molar-refractivity contribution in [3.63, 3.8) is 0 Å². The third-order valence-electron chi connectivity index (χ3n) is 1.73. The zero-order valence-electron chi connectivity index (χ0n) is 9.29. The maximum absolute atomic E-state index is 5.54. The molecule has 0 fully saturated rings. The third-order valence-corrected chi connectivity index (χ3v) is 4.30. The molecule has 0 aliphatic heterocycles. The van der Waals surface area contributed by atoms with Crippen molar-refractivity contribution in [3.05, 3.63) is 16.8 Å². The molecule has 1 atom stereocenters. The van der Waals surface area contributed by atoms with Crippen LogP contribution in [-0.2, 0) is 8.92 Å². The van der Waals surface area contributed by atoms with E-state index >= 15 is 0 Å². The van der Waals surface area contributed by atoms with E-state index in [1.807, 2.05) is 13.8 Å². The first kappa shape index (κ1) is 14.7. The van der Waals surface area contributed by atoms with Gasteiger partial charge in [0.05, 0.1) is 23.8 Å². The second kappa shape index (κ2) is 8.72. The average molecular weight is 297 g/mol. The lowest BCUT2D eigenvalue weighted by molar-refractivity contribution is 0.0320. The summed E-state index contributed by atoms with van der Waals surface area (Å²) in [6.45, 7) is 4.66. The molecule has 1 aromatic heterocycles. The molecule has 1 unspecified atom stereocenters. The third kappa shape index (κ3) is 6.42. The fourth-order valence-electron chi connectivity index (χ4n) is 0.988. The maximum Gasteiger partial charge on any atom is 0.106 e. The van der Waals surface area contributed by atoms with Crippen molar-refractivity contribution in [2.24, 2.45) is 0 Å². The average Bonchev–Trinajstić information content (AvgIpc) is 2.75. The van der Waals surface area contributed by atoms with Crippen LogP contribution in [0.25, 0.3) is 0 Å². The van der Waals surface area contributed by atoms with Gasteiger partial charge in [0.15, 0.2) is 0 Å². The molecule has 1 heterocycles. The fraction of sp³-hybridized carbons (Fsp3) is 0.600. The predicted molar refractivity (Wildman–Crippen MR) is 77.6 cm³/mol. The molecule has 0 aliphatic rings. The molecular weight excluding hydrogens is 280 g/mol. The highest BCUT2D eigenvalue weighted by molar-refractivity contribution is 8.66. The Kier molecular flexibility index (Phi) is 8.02. The Morgan fingerprint density at radius 3 is 2.88 bits per heavy atom. The van der Waals surface area contributed by atoms with E-state index in [1.54, 1.807) is 23.1 Å². The molecule has 0 N–H and O–H groups in total. The number of hydrogen-bond donors (Lipinski definition) is 1. The Labute approximate surface area is 114 Å². The summed E-state index contributed by atoms with van der Waals surface area (Å²) in [5.41, 5.74) is 0. The molecule has 2 nitrogen and oxygen atoms in total. The molecule has 0 amide bonds. The molecule has 92 valence electrons.